The molecule has 15 heavy (non-hydrogen) atoms. The third kappa shape index (κ3) is 2.92. The Morgan fingerprint density at radius 2 is 2.40 bits per heavy atom. The van der Waals surface area contributed by atoms with E-state index < -0.39 is 0 Å². The fourth-order valence-electron chi connectivity index (χ4n) is 2.41. The topological polar surface area (TPSA) is 44.4 Å². The Morgan fingerprint density at radius 3 is 3.13 bits per heavy atom. The lowest BCUT2D eigenvalue weighted by Crippen LogP contribution is -2.53. The van der Waals surface area contributed by atoms with Gasteiger partial charge in [0.25, 0.3) is 0 Å². The van der Waals surface area contributed by atoms with Gasteiger partial charge in [0.1, 0.15) is 0 Å². The monoisotopic (exact) mass is 211 g/mol. The van der Waals surface area contributed by atoms with Crippen LogP contribution in [0.1, 0.15) is 26.2 Å². The first-order valence-electron chi connectivity index (χ1n) is 6.00. The van der Waals surface area contributed by atoms with E-state index in [1.807, 2.05) is 0 Å². The number of carbonyl (C=O) groups is 1. The molecule has 0 aromatic carbocycles. The number of piperazine rings is 1. The predicted octanol–water partition coefficient (Wildman–Crippen LogP) is -0.0512. The van der Waals surface area contributed by atoms with Crippen LogP contribution < -0.4 is 10.6 Å². The summed E-state index contributed by atoms with van der Waals surface area (Å²) in [6.45, 7) is 5.78. The highest BCUT2D eigenvalue weighted by molar-refractivity contribution is 5.78. The molecule has 1 amide bonds. The van der Waals surface area contributed by atoms with Crippen LogP contribution in [-0.2, 0) is 4.79 Å². The van der Waals surface area contributed by atoms with Crippen molar-refractivity contribution in [3.8, 4) is 0 Å². The van der Waals surface area contributed by atoms with Gasteiger partial charge in [-0.25, -0.2) is 0 Å². The molecule has 86 valence electrons. The maximum absolute atomic E-state index is 11.2. The molecule has 2 heterocycles. The fourth-order valence-corrected chi connectivity index (χ4v) is 2.41. The minimum Gasteiger partial charge on any atom is -0.353 e. The summed E-state index contributed by atoms with van der Waals surface area (Å²) in [7, 11) is 0. The normalized spacial score (nSPS) is 33.0. The Labute approximate surface area is 91.4 Å². The van der Waals surface area contributed by atoms with Gasteiger partial charge in [-0.1, -0.05) is 0 Å². The van der Waals surface area contributed by atoms with Crippen LogP contribution >= 0.6 is 0 Å². The lowest BCUT2D eigenvalue weighted by molar-refractivity contribution is -0.125. The molecule has 0 aromatic heterocycles. The van der Waals surface area contributed by atoms with Crippen LogP contribution in [0.4, 0.5) is 0 Å². The Balaban J connectivity index is 1.74. The molecule has 2 aliphatic heterocycles. The summed E-state index contributed by atoms with van der Waals surface area (Å²) in [6, 6.07) is 1.17. The number of nitrogens with one attached hydrogen (secondary N) is 2. The third-order valence-corrected chi connectivity index (χ3v) is 3.49. The molecule has 0 saturated carbocycles. The summed E-state index contributed by atoms with van der Waals surface area (Å²) in [5.74, 6) is 0.174. The summed E-state index contributed by atoms with van der Waals surface area (Å²) in [4.78, 5) is 13.5. The Kier molecular flexibility index (Phi) is 3.59. The molecule has 0 bridgehead atoms. The van der Waals surface area contributed by atoms with E-state index in [0.717, 1.165) is 13.1 Å². The molecular weight excluding hydrogens is 190 g/mol. The Bertz CT molecular complexity index is 226. The second-order valence-corrected chi connectivity index (χ2v) is 4.71. The molecule has 2 atom stereocenters. The van der Waals surface area contributed by atoms with Crippen molar-refractivity contribution in [2.24, 2.45) is 0 Å². The standard InChI is InChI=1S/C11H21N3O/c1-9-7-13-11(15)8-14(9)6-4-10-3-2-5-12-10/h9-10,12H,2-8H2,1H3,(H,13,15). The van der Waals surface area contributed by atoms with E-state index in [1.54, 1.807) is 0 Å². The SMILES string of the molecule is CC1CNC(=O)CN1CCC1CCCN1. The number of hydrogen-bond acceptors (Lipinski definition) is 3. The molecule has 2 saturated heterocycles. The number of rotatable bonds is 3. The summed E-state index contributed by atoms with van der Waals surface area (Å²) in [5.41, 5.74) is 0. The van der Waals surface area contributed by atoms with Crippen LogP contribution in [0.3, 0.4) is 0 Å². The summed E-state index contributed by atoms with van der Waals surface area (Å²) in [6.07, 6.45) is 3.78. The molecule has 4 heteroatoms. The highest BCUT2D eigenvalue weighted by Crippen LogP contribution is 2.11. The maximum atomic E-state index is 11.2. The van der Waals surface area contributed by atoms with Gasteiger partial charge in [-0.3, -0.25) is 9.69 Å². The lowest BCUT2D eigenvalue weighted by Gasteiger charge is -2.33. The smallest absolute Gasteiger partial charge is 0.234 e. The second kappa shape index (κ2) is 4.94. The van der Waals surface area contributed by atoms with E-state index in [-0.39, 0.29) is 5.91 Å². The van der Waals surface area contributed by atoms with Crippen LogP contribution in [0.2, 0.25) is 0 Å². The van der Waals surface area contributed by atoms with Crippen LogP contribution in [0.15, 0.2) is 0 Å². The summed E-state index contributed by atoms with van der Waals surface area (Å²) >= 11 is 0. The first kappa shape index (κ1) is 10.9. The second-order valence-electron chi connectivity index (χ2n) is 4.71. The van der Waals surface area contributed by atoms with E-state index in [2.05, 4.69) is 22.5 Å². The minimum atomic E-state index is 0.174. The van der Waals surface area contributed by atoms with Crippen molar-refractivity contribution >= 4 is 5.91 Å². The molecule has 0 aliphatic carbocycles. The van der Waals surface area contributed by atoms with Crippen molar-refractivity contribution in [3.63, 3.8) is 0 Å². The van der Waals surface area contributed by atoms with Crippen molar-refractivity contribution in [2.45, 2.75) is 38.3 Å². The Morgan fingerprint density at radius 1 is 1.53 bits per heavy atom. The zero-order valence-electron chi connectivity index (χ0n) is 9.46. The zero-order valence-corrected chi connectivity index (χ0v) is 9.46. The number of nitrogens with zero attached hydrogens (tertiary/aromatic N) is 1. The predicted molar refractivity (Wildman–Crippen MR) is 59.7 cm³/mol. The number of carbonyl (C=O) groups excluding carboxylic acids is 1. The Hall–Kier alpha value is -0.610. The molecule has 0 spiro atoms. The van der Waals surface area contributed by atoms with Gasteiger partial charge in [-0.2, -0.15) is 0 Å². The van der Waals surface area contributed by atoms with E-state index in [0.29, 0.717) is 18.6 Å². The van der Waals surface area contributed by atoms with Crippen LogP contribution in [0.25, 0.3) is 0 Å². The average molecular weight is 211 g/mol. The van der Waals surface area contributed by atoms with Crippen LogP contribution in [0, 0.1) is 0 Å². The molecule has 0 aromatic rings. The third-order valence-electron chi connectivity index (χ3n) is 3.49. The van der Waals surface area contributed by atoms with E-state index in [1.165, 1.54) is 25.8 Å². The van der Waals surface area contributed by atoms with Gasteiger partial charge in [0.05, 0.1) is 6.54 Å². The van der Waals surface area contributed by atoms with Gasteiger partial charge in [0, 0.05) is 25.2 Å². The molecule has 2 aliphatic rings. The molecule has 2 rings (SSSR count). The quantitative estimate of drug-likeness (QED) is 0.688. The first-order valence-corrected chi connectivity index (χ1v) is 6.00. The van der Waals surface area contributed by atoms with Gasteiger partial charge < -0.3 is 10.6 Å². The van der Waals surface area contributed by atoms with Crippen molar-refractivity contribution in [1.29, 1.82) is 0 Å². The van der Waals surface area contributed by atoms with Gasteiger partial charge in [-0.15, -0.1) is 0 Å². The minimum absolute atomic E-state index is 0.174. The maximum Gasteiger partial charge on any atom is 0.234 e. The van der Waals surface area contributed by atoms with Crippen molar-refractivity contribution in [2.75, 3.05) is 26.2 Å². The highest BCUT2D eigenvalue weighted by Gasteiger charge is 2.24. The highest BCUT2D eigenvalue weighted by atomic mass is 16.2. The largest absolute Gasteiger partial charge is 0.353 e. The number of amides is 1. The van der Waals surface area contributed by atoms with Gasteiger partial charge in [0.15, 0.2) is 0 Å². The van der Waals surface area contributed by atoms with E-state index in [9.17, 15) is 4.79 Å². The van der Waals surface area contributed by atoms with Gasteiger partial charge in [0.2, 0.25) is 5.91 Å². The van der Waals surface area contributed by atoms with Gasteiger partial charge >= 0.3 is 0 Å². The number of hydrogen-bond donors (Lipinski definition) is 2. The lowest BCUT2D eigenvalue weighted by atomic mass is 10.1. The van der Waals surface area contributed by atoms with Crippen LogP contribution in [-0.4, -0.2) is 49.1 Å². The summed E-state index contributed by atoms with van der Waals surface area (Å²) < 4.78 is 0. The molecule has 2 N–H and O–H groups in total. The molecule has 2 fully saturated rings. The van der Waals surface area contributed by atoms with E-state index in [4.69, 9.17) is 0 Å². The molecule has 0 radical (unpaired) electrons. The zero-order chi connectivity index (χ0) is 10.7. The van der Waals surface area contributed by atoms with Crippen molar-refractivity contribution < 1.29 is 4.79 Å². The average Bonchev–Trinajstić information content (AvgIpc) is 2.72. The van der Waals surface area contributed by atoms with E-state index >= 15 is 0 Å². The van der Waals surface area contributed by atoms with Crippen molar-refractivity contribution in [3.05, 3.63) is 0 Å². The van der Waals surface area contributed by atoms with Crippen LogP contribution in [0.5, 0.6) is 0 Å². The first-order chi connectivity index (χ1) is 7.25. The molecule has 2 unspecified atom stereocenters. The summed E-state index contributed by atoms with van der Waals surface area (Å²) in [5, 5.41) is 6.39. The molecular formula is C11H21N3O. The molecule has 4 nitrogen and oxygen atoms in total. The van der Waals surface area contributed by atoms with Gasteiger partial charge in [-0.05, 0) is 32.7 Å². The van der Waals surface area contributed by atoms with Crippen molar-refractivity contribution in [1.82, 2.24) is 15.5 Å². The fraction of sp³-hybridized carbons (Fsp3) is 0.909.